The van der Waals surface area contributed by atoms with Crippen LogP contribution in [0.5, 0.6) is 0 Å². The van der Waals surface area contributed by atoms with E-state index in [1.807, 2.05) is 0 Å². The number of carbonyl (C=O) groups excluding carboxylic acids is 3. The predicted molar refractivity (Wildman–Crippen MR) is 135 cm³/mol. The highest BCUT2D eigenvalue weighted by molar-refractivity contribution is 7.90. The van der Waals surface area contributed by atoms with E-state index in [2.05, 4.69) is 22.2 Å². The Balaban J connectivity index is 1.92. The van der Waals surface area contributed by atoms with Crippen molar-refractivity contribution in [2.75, 3.05) is 6.54 Å². The van der Waals surface area contributed by atoms with Gasteiger partial charge in [-0.2, -0.15) is 0 Å². The van der Waals surface area contributed by atoms with Crippen LogP contribution in [0.2, 0.25) is 0 Å². The quantitative estimate of drug-likeness (QED) is 0.163. The van der Waals surface area contributed by atoms with E-state index in [9.17, 15) is 22.8 Å². The third-order valence-electron chi connectivity index (χ3n) is 5.40. The zero-order chi connectivity index (χ0) is 25.1. The van der Waals surface area contributed by atoms with Gasteiger partial charge in [-0.1, -0.05) is 69.4 Å². The Morgan fingerprint density at radius 1 is 0.794 bits per heavy atom. The zero-order valence-corrected chi connectivity index (χ0v) is 21.2. The van der Waals surface area contributed by atoms with Gasteiger partial charge in [-0.15, -0.1) is 0 Å². The predicted octanol–water partition coefficient (Wildman–Crippen LogP) is 4.82. The number of carbonyl (C=O) groups is 3. The molecule has 0 aliphatic rings. The summed E-state index contributed by atoms with van der Waals surface area (Å²) in [4.78, 5) is 34.5. The largest absolute Gasteiger partial charge is 0.350 e. The summed E-state index contributed by atoms with van der Waals surface area (Å²) in [5, 5.41) is 2.64. The van der Waals surface area contributed by atoms with Crippen molar-refractivity contribution < 1.29 is 22.8 Å². The summed E-state index contributed by atoms with van der Waals surface area (Å²) in [6.45, 7) is 2.23. The van der Waals surface area contributed by atoms with Crippen molar-refractivity contribution in [2.24, 2.45) is 0 Å². The van der Waals surface area contributed by atoms with Crippen molar-refractivity contribution in [1.82, 2.24) is 10.0 Å². The standard InChI is InChI=1S/C26H40N2O5S/c1-2-24(29)26(31)27-22-18-13-11-9-7-5-3-4-6-8-10-12-17-21-25(30)28-34(32,33)23-19-15-14-16-20-23/h7,9,14-16,19-20H,2-6,8,10-13,17-18,21-22H2,1H3,(H,27,31)(H,28,30)/b9-7-. The summed E-state index contributed by atoms with van der Waals surface area (Å²) in [5.74, 6) is -1.29. The van der Waals surface area contributed by atoms with E-state index in [-0.39, 0.29) is 23.5 Å². The van der Waals surface area contributed by atoms with Crippen molar-refractivity contribution in [3.8, 4) is 0 Å². The lowest BCUT2D eigenvalue weighted by atomic mass is 10.1. The average Bonchev–Trinajstić information content (AvgIpc) is 2.83. The molecule has 0 radical (unpaired) electrons. The first-order valence-corrected chi connectivity index (χ1v) is 13.9. The summed E-state index contributed by atoms with van der Waals surface area (Å²) in [6, 6.07) is 7.91. The molecule has 1 rings (SSSR count). The van der Waals surface area contributed by atoms with Crippen LogP contribution < -0.4 is 10.0 Å². The topological polar surface area (TPSA) is 109 Å². The monoisotopic (exact) mass is 492 g/mol. The van der Waals surface area contributed by atoms with Crippen LogP contribution >= 0.6 is 0 Å². The third kappa shape index (κ3) is 13.9. The second-order valence-corrected chi connectivity index (χ2v) is 10.0. The first-order valence-electron chi connectivity index (χ1n) is 12.4. The maximum atomic E-state index is 12.1. The molecule has 8 heteroatoms. The number of unbranched alkanes of at least 4 members (excludes halogenated alkanes) is 9. The molecule has 0 aliphatic carbocycles. The Hall–Kier alpha value is -2.48. The fourth-order valence-corrected chi connectivity index (χ4v) is 4.41. The van der Waals surface area contributed by atoms with Crippen LogP contribution in [0.1, 0.15) is 90.4 Å². The van der Waals surface area contributed by atoms with Gasteiger partial charge < -0.3 is 5.32 Å². The minimum Gasteiger partial charge on any atom is -0.350 e. The van der Waals surface area contributed by atoms with E-state index in [0.29, 0.717) is 13.0 Å². The van der Waals surface area contributed by atoms with Crippen LogP contribution in [0, 0.1) is 0 Å². The molecule has 0 aromatic heterocycles. The van der Waals surface area contributed by atoms with Crippen molar-refractivity contribution in [1.29, 1.82) is 0 Å². The van der Waals surface area contributed by atoms with Crippen LogP contribution in [0.4, 0.5) is 0 Å². The van der Waals surface area contributed by atoms with Gasteiger partial charge in [0.2, 0.25) is 11.7 Å². The summed E-state index contributed by atoms with van der Waals surface area (Å²) in [7, 11) is -3.77. The van der Waals surface area contributed by atoms with E-state index >= 15 is 0 Å². The van der Waals surface area contributed by atoms with Crippen LogP contribution in [-0.4, -0.2) is 32.6 Å². The minimum absolute atomic E-state index is 0.102. The second-order valence-electron chi connectivity index (χ2n) is 8.36. The lowest BCUT2D eigenvalue weighted by Gasteiger charge is -2.06. The zero-order valence-electron chi connectivity index (χ0n) is 20.4. The maximum Gasteiger partial charge on any atom is 0.287 e. The van der Waals surface area contributed by atoms with Crippen molar-refractivity contribution >= 4 is 27.6 Å². The molecule has 1 aromatic carbocycles. The molecule has 0 bridgehead atoms. The number of amides is 2. The molecule has 0 atom stereocenters. The first kappa shape index (κ1) is 29.6. The van der Waals surface area contributed by atoms with Crippen molar-refractivity contribution in [3.05, 3.63) is 42.5 Å². The van der Waals surface area contributed by atoms with Crippen molar-refractivity contribution in [3.63, 3.8) is 0 Å². The maximum absolute atomic E-state index is 12.1. The summed E-state index contributed by atoms with van der Waals surface area (Å²) >= 11 is 0. The van der Waals surface area contributed by atoms with Gasteiger partial charge in [0.05, 0.1) is 4.90 Å². The molecule has 0 heterocycles. The Morgan fingerprint density at radius 3 is 1.97 bits per heavy atom. The summed E-state index contributed by atoms with van der Waals surface area (Å²) in [6.07, 6.45) is 16.1. The van der Waals surface area contributed by atoms with E-state index < -0.39 is 21.8 Å². The van der Waals surface area contributed by atoms with Crippen molar-refractivity contribution in [2.45, 2.75) is 95.3 Å². The molecule has 0 unspecified atom stereocenters. The molecule has 0 saturated carbocycles. The van der Waals surface area contributed by atoms with E-state index in [1.165, 1.54) is 25.0 Å². The van der Waals surface area contributed by atoms with E-state index in [1.54, 1.807) is 25.1 Å². The van der Waals surface area contributed by atoms with Gasteiger partial charge in [-0.25, -0.2) is 13.1 Å². The Labute approximate surface area is 204 Å². The molecule has 0 fully saturated rings. The highest BCUT2D eigenvalue weighted by Gasteiger charge is 2.16. The number of allylic oxidation sites excluding steroid dienone is 2. The van der Waals surface area contributed by atoms with Gasteiger partial charge in [0.1, 0.15) is 0 Å². The van der Waals surface area contributed by atoms with E-state index in [4.69, 9.17) is 0 Å². The molecule has 1 aromatic rings. The van der Waals surface area contributed by atoms with Gasteiger partial charge in [0.25, 0.3) is 15.9 Å². The highest BCUT2D eigenvalue weighted by atomic mass is 32.2. The number of Topliss-reactive ketones (excluding diaryl/α,β-unsaturated/α-hetero) is 1. The molecule has 2 N–H and O–H groups in total. The number of rotatable bonds is 19. The lowest BCUT2D eigenvalue weighted by molar-refractivity contribution is -0.137. The number of benzene rings is 1. The summed E-state index contributed by atoms with van der Waals surface area (Å²) in [5.41, 5.74) is 0. The summed E-state index contributed by atoms with van der Waals surface area (Å²) < 4.78 is 26.3. The molecule has 34 heavy (non-hydrogen) atoms. The number of ketones is 1. The molecule has 0 spiro atoms. The van der Waals surface area contributed by atoms with Gasteiger partial charge in [0.15, 0.2) is 0 Å². The van der Waals surface area contributed by atoms with Gasteiger partial charge in [0, 0.05) is 19.4 Å². The average molecular weight is 493 g/mol. The smallest absolute Gasteiger partial charge is 0.287 e. The molecular formula is C26H40N2O5S. The Bertz CT molecular complexity index is 866. The Kier molecular flexibility index (Phi) is 15.6. The normalized spacial score (nSPS) is 11.4. The fraction of sp³-hybridized carbons (Fsp3) is 0.577. The van der Waals surface area contributed by atoms with Crippen LogP contribution in [-0.2, 0) is 24.4 Å². The molecule has 0 saturated heterocycles. The number of nitrogens with one attached hydrogen (secondary N) is 2. The van der Waals surface area contributed by atoms with Crippen LogP contribution in [0.15, 0.2) is 47.4 Å². The Morgan fingerprint density at radius 2 is 1.35 bits per heavy atom. The molecular weight excluding hydrogens is 452 g/mol. The van der Waals surface area contributed by atoms with Gasteiger partial charge in [-0.3, -0.25) is 14.4 Å². The molecule has 0 aliphatic heterocycles. The van der Waals surface area contributed by atoms with Crippen LogP contribution in [0.3, 0.4) is 0 Å². The lowest BCUT2D eigenvalue weighted by Crippen LogP contribution is -2.31. The number of hydrogen-bond donors (Lipinski definition) is 2. The number of hydrogen-bond acceptors (Lipinski definition) is 5. The van der Waals surface area contributed by atoms with Crippen LogP contribution in [0.25, 0.3) is 0 Å². The second kappa shape index (κ2) is 17.9. The SMILES string of the molecule is CCC(=O)C(=O)NCCCC/C=C\CCCCCCCCCC(=O)NS(=O)(=O)c1ccccc1. The highest BCUT2D eigenvalue weighted by Crippen LogP contribution is 2.11. The first-order chi connectivity index (χ1) is 16.4. The molecule has 2 amide bonds. The fourth-order valence-electron chi connectivity index (χ4n) is 3.38. The van der Waals surface area contributed by atoms with Gasteiger partial charge >= 0.3 is 0 Å². The molecule has 190 valence electrons. The molecule has 7 nitrogen and oxygen atoms in total. The van der Waals surface area contributed by atoms with Gasteiger partial charge in [-0.05, 0) is 50.7 Å². The minimum atomic E-state index is -3.77. The van der Waals surface area contributed by atoms with E-state index in [0.717, 1.165) is 51.4 Å². The number of sulfonamides is 1. The third-order valence-corrected chi connectivity index (χ3v) is 6.79.